The number of methoxy groups -OCH3 is 1. The molecule has 6 nitrogen and oxygen atoms in total. The van der Waals surface area contributed by atoms with Crippen molar-refractivity contribution in [3.05, 3.63) is 53.6 Å². The molecule has 2 fully saturated rings. The van der Waals surface area contributed by atoms with E-state index in [1.807, 2.05) is 25.1 Å². The zero-order valence-electron chi connectivity index (χ0n) is 20.8. The van der Waals surface area contributed by atoms with E-state index in [0.29, 0.717) is 24.0 Å². The number of carbonyl (C=O) groups is 2. The van der Waals surface area contributed by atoms with Gasteiger partial charge in [-0.25, -0.2) is 9.59 Å². The second kappa shape index (κ2) is 10.1. The van der Waals surface area contributed by atoms with Crippen LogP contribution < -0.4 is 0 Å². The predicted octanol–water partition coefficient (Wildman–Crippen LogP) is 4.55. The van der Waals surface area contributed by atoms with Crippen molar-refractivity contribution in [3.63, 3.8) is 0 Å². The van der Waals surface area contributed by atoms with Crippen molar-refractivity contribution in [1.82, 2.24) is 0 Å². The van der Waals surface area contributed by atoms with Crippen molar-refractivity contribution in [2.75, 3.05) is 20.3 Å². The number of benzene rings is 1. The van der Waals surface area contributed by atoms with E-state index >= 15 is 0 Å². The van der Waals surface area contributed by atoms with Crippen molar-refractivity contribution < 1.29 is 29.3 Å². The molecule has 1 aromatic rings. The number of hydrogen-bond acceptors (Lipinski definition) is 7. The van der Waals surface area contributed by atoms with E-state index in [9.17, 15) is 19.8 Å². The Morgan fingerprint density at radius 1 is 1.29 bits per heavy atom. The first-order valence-electron chi connectivity index (χ1n) is 12.3. The number of rotatable bonds is 7. The summed E-state index contributed by atoms with van der Waals surface area (Å²) in [7, 11) is 1.36. The van der Waals surface area contributed by atoms with E-state index in [-0.39, 0.29) is 47.7 Å². The van der Waals surface area contributed by atoms with Crippen LogP contribution in [-0.4, -0.2) is 53.8 Å². The standard InChI is InChI=1S/C28H36O6S/c1-17-5-10-23-27(2,13-11-24(30)28(23,3)16-29)21(17)15-22(20-12-14-34-26(20)32)35-19-8-6-18(7-9-19)25(31)33-4/h6-9,12,21-24,29-30H,1,5,10-11,13-16H2,2-4H3/t21-,22?,23+,24-,27+,28+/m1/s1. The average Bonchev–Trinajstić information content (AvgIpc) is 3.29. The van der Waals surface area contributed by atoms with Gasteiger partial charge < -0.3 is 19.7 Å². The lowest BCUT2D eigenvalue weighted by Crippen LogP contribution is -2.57. The van der Waals surface area contributed by atoms with Crippen LogP contribution in [-0.2, 0) is 14.3 Å². The number of carbonyl (C=O) groups excluding carboxylic acids is 2. The second-order valence-corrected chi connectivity index (χ2v) is 11.9. The van der Waals surface area contributed by atoms with Gasteiger partial charge in [0.1, 0.15) is 6.61 Å². The molecule has 1 heterocycles. The molecule has 1 aliphatic heterocycles. The van der Waals surface area contributed by atoms with Crippen LogP contribution in [0.4, 0.5) is 0 Å². The fourth-order valence-corrected chi connectivity index (χ4v) is 7.91. The van der Waals surface area contributed by atoms with Crippen molar-refractivity contribution >= 4 is 23.7 Å². The van der Waals surface area contributed by atoms with E-state index < -0.39 is 11.5 Å². The lowest BCUT2D eigenvalue weighted by atomic mass is 9.46. The van der Waals surface area contributed by atoms with E-state index in [2.05, 4.69) is 13.5 Å². The van der Waals surface area contributed by atoms with E-state index in [1.165, 1.54) is 12.7 Å². The lowest BCUT2D eigenvalue weighted by Gasteiger charge is -2.60. The third-order valence-corrected chi connectivity index (χ3v) is 10.1. The summed E-state index contributed by atoms with van der Waals surface area (Å²) < 4.78 is 10.1. The van der Waals surface area contributed by atoms with Gasteiger partial charge in [0.2, 0.25) is 0 Å². The monoisotopic (exact) mass is 500 g/mol. The molecule has 35 heavy (non-hydrogen) atoms. The number of ether oxygens (including phenoxy) is 2. The van der Waals surface area contributed by atoms with Gasteiger partial charge in [-0.1, -0.05) is 26.0 Å². The molecule has 6 atom stereocenters. The summed E-state index contributed by atoms with van der Waals surface area (Å²) in [5, 5.41) is 21.0. The zero-order valence-corrected chi connectivity index (χ0v) is 21.6. The van der Waals surface area contributed by atoms with E-state index in [0.717, 1.165) is 24.2 Å². The van der Waals surface area contributed by atoms with Crippen molar-refractivity contribution in [2.45, 2.75) is 62.2 Å². The zero-order chi connectivity index (χ0) is 25.4. The summed E-state index contributed by atoms with van der Waals surface area (Å²) in [6, 6.07) is 7.23. The number of thioether (sulfide) groups is 1. The average molecular weight is 501 g/mol. The normalized spacial score (nSPS) is 33.5. The maximum Gasteiger partial charge on any atom is 0.337 e. The number of hydrogen-bond donors (Lipinski definition) is 2. The van der Waals surface area contributed by atoms with Crippen LogP contribution >= 0.6 is 11.8 Å². The van der Waals surface area contributed by atoms with Gasteiger partial charge in [0, 0.05) is 21.1 Å². The number of aliphatic hydroxyl groups is 2. The first-order chi connectivity index (χ1) is 16.6. The van der Waals surface area contributed by atoms with Gasteiger partial charge >= 0.3 is 11.9 Å². The van der Waals surface area contributed by atoms with Gasteiger partial charge in [-0.3, -0.25) is 0 Å². The largest absolute Gasteiger partial charge is 0.465 e. The molecule has 2 saturated carbocycles. The number of esters is 2. The maximum absolute atomic E-state index is 12.6. The Bertz CT molecular complexity index is 1020. The van der Waals surface area contributed by atoms with Crippen LogP contribution in [0.3, 0.4) is 0 Å². The number of allylic oxidation sites excluding steroid dienone is 1. The third-order valence-electron chi connectivity index (χ3n) is 8.80. The molecule has 3 aliphatic rings. The number of cyclic esters (lactones) is 1. The summed E-state index contributed by atoms with van der Waals surface area (Å²) in [5.41, 5.74) is 1.64. The molecule has 0 spiro atoms. The van der Waals surface area contributed by atoms with Crippen LogP contribution in [0.2, 0.25) is 0 Å². The minimum absolute atomic E-state index is 0.0458. The second-order valence-electron chi connectivity index (χ2n) is 10.6. The van der Waals surface area contributed by atoms with Gasteiger partial charge in [-0.05, 0) is 79.7 Å². The molecular formula is C28H36O6S. The molecule has 1 aromatic carbocycles. The maximum atomic E-state index is 12.6. The highest BCUT2D eigenvalue weighted by Crippen LogP contribution is 2.62. The van der Waals surface area contributed by atoms with Gasteiger partial charge in [-0.2, -0.15) is 0 Å². The molecule has 0 aromatic heterocycles. The molecule has 7 heteroatoms. The molecule has 0 bridgehead atoms. The Kier molecular flexibility index (Phi) is 7.51. The van der Waals surface area contributed by atoms with Crippen molar-refractivity contribution in [2.24, 2.45) is 22.7 Å². The minimum Gasteiger partial charge on any atom is -0.465 e. The molecule has 0 amide bonds. The Morgan fingerprint density at radius 3 is 2.60 bits per heavy atom. The van der Waals surface area contributed by atoms with Crippen LogP contribution in [0.1, 0.15) is 56.3 Å². The topological polar surface area (TPSA) is 93.1 Å². The number of aliphatic hydroxyl groups excluding tert-OH is 2. The Hall–Kier alpha value is -2.09. The Labute approximate surface area is 211 Å². The molecule has 2 aliphatic carbocycles. The Morgan fingerprint density at radius 2 is 2.00 bits per heavy atom. The van der Waals surface area contributed by atoms with E-state index in [1.54, 1.807) is 23.9 Å². The van der Waals surface area contributed by atoms with Crippen LogP contribution in [0.25, 0.3) is 0 Å². The predicted molar refractivity (Wildman–Crippen MR) is 135 cm³/mol. The SMILES string of the molecule is C=C1CC[C@@H]2[C@](C)(CO)[C@H](O)CC[C@@]2(C)[C@@H]1CC(Sc1ccc(C(=O)OC)cc1)C1=CCOC1=O. The van der Waals surface area contributed by atoms with Gasteiger partial charge in [0.15, 0.2) is 0 Å². The lowest BCUT2D eigenvalue weighted by molar-refractivity contribution is -0.152. The summed E-state index contributed by atoms with van der Waals surface area (Å²) >= 11 is 1.60. The molecule has 190 valence electrons. The molecule has 0 saturated heterocycles. The van der Waals surface area contributed by atoms with Gasteiger partial charge in [0.25, 0.3) is 0 Å². The molecule has 1 unspecified atom stereocenters. The first-order valence-corrected chi connectivity index (χ1v) is 13.2. The van der Waals surface area contributed by atoms with Crippen LogP contribution in [0, 0.1) is 22.7 Å². The quantitative estimate of drug-likeness (QED) is 0.322. The number of fused-ring (bicyclic) bond motifs is 1. The highest BCUT2D eigenvalue weighted by Gasteiger charge is 2.58. The van der Waals surface area contributed by atoms with Crippen molar-refractivity contribution in [3.8, 4) is 0 Å². The molecule has 2 N–H and O–H groups in total. The fourth-order valence-electron chi connectivity index (χ4n) is 6.68. The van der Waals surface area contributed by atoms with Gasteiger partial charge in [0.05, 0.1) is 25.4 Å². The summed E-state index contributed by atoms with van der Waals surface area (Å²) in [5.74, 6) is -0.366. The summed E-state index contributed by atoms with van der Waals surface area (Å²) in [4.78, 5) is 25.4. The minimum atomic E-state index is -0.552. The Balaban J connectivity index is 1.64. The third kappa shape index (κ3) is 4.70. The molecule has 0 radical (unpaired) electrons. The van der Waals surface area contributed by atoms with Gasteiger partial charge in [-0.15, -0.1) is 11.8 Å². The first kappa shape index (κ1) is 26.0. The molecule has 4 rings (SSSR count). The fraction of sp³-hybridized carbons (Fsp3) is 0.571. The highest BCUT2D eigenvalue weighted by atomic mass is 32.2. The van der Waals surface area contributed by atoms with Crippen LogP contribution in [0.5, 0.6) is 0 Å². The molecular weight excluding hydrogens is 464 g/mol. The smallest absolute Gasteiger partial charge is 0.337 e. The summed E-state index contributed by atoms with van der Waals surface area (Å²) in [6.07, 6.45) is 5.31. The summed E-state index contributed by atoms with van der Waals surface area (Å²) in [6.45, 7) is 8.98. The highest BCUT2D eigenvalue weighted by molar-refractivity contribution is 8.00. The van der Waals surface area contributed by atoms with Crippen LogP contribution in [0.15, 0.2) is 53.0 Å². The van der Waals surface area contributed by atoms with Crippen molar-refractivity contribution in [1.29, 1.82) is 0 Å². The van der Waals surface area contributed by atoms with E-state index in [4.69, 9.17) is 9.47 Å².